The summed E-state index contributed by atoms with van der Waals surface area (Å²) in [6.45, 7) is 3.52. The van der Waals surface area contributed by atoms with Crippen LogP contribution in [0.15, 0.2) is 29.2 Å². The van der Waals surface area contributed by atoms with Gasteiger partial charge in [-0.3, -0.25) is 0 Å². The molecule has 5 heteroatoms. The Morgan fingerprint density at radius 1 is 1.19 bits per heavy atom. The number of rotatable bonds is 6. The van der Waals surface area contributed by atoms with Gasteiger partial charge in [-0.15, -0.1) is 0 Å². The lowest BCUT2D eigenvalue weighted by Gasteiger charge is -2.31. The Morgan fingerprint density at radius 3 is 2.33 bits per heavy atom. The van der Waals surface area contributed by atoms with E-state index >= 15 is 0 Å². The largest absolute Gasteiger partial charge is 0.396 e. The monoisotopic (exact) mass is 311 g/mol. The number of nitrogens with zero attached hydrogens (tertiary/aromatic N) is 1. The average Bonchev–Trinajstić information content (AvgIpc) is 2.49. The lowest BCUT2D eigenvalue weighted by molar-refractivity contribution is 0.262. The highest BCUT2D eigenvalue weighted by Crippen LogP contribution is 2.26. The van der Waals surface area contributed by atoms with Crippen LogP contribution in [-0.4, -0.2) is 37.5 Å². The Balaban J connectivity index is 2.04. The van der Waals surface area contributed by atoms with Gasteiger partial charge in [0.25, 0.3) is 0 Å². The van der Waals surface area contributed by atoms with Crippen molar-refractivity contribution in [2.45, 2.75) is 43.9 Å². The summed E-state index contributed by atoms with van der Waals surface area (Å²) in [6, 6.07) is 6.87. The van der Waals surface area contributed by atoms with E-state index in [-0.39, 0.29) is 6.61 Å². The molecule has 0 amide bonds. The molecule has 0 spiro atoms. The summed E-state index contributed by atoms with van der Waals surface area (Å²) in [4.78, 5) is 0.359. The molecule has 4 nitrogen and oxygen atoms in total. The first-order valence-electron chi connectivity index (χ1n) is 7.78. The highest BCUT2D eigenvalue weighted by Gasteiger charge is 2.28. The molecule has 21 heavy (non-hydrogen) atoms. The molecule has 1 aromatic rings. The predicted octanol–water partition coefficient (Wildman–Crippen LogP) is 2.42. The van der Waals surface area contributed by atoms with Crippen molar-refractivity contribution in [2.24, 2.45) is 5.92 Å². The van der Waals surface area contributed by atoms with Crippen LogP contribution < -0.4 is 0 Å². The summed E-state index contributed by atoms with van der Waals surface area (Å²) in [6.07, 6.45) is 4.86. The van der Waals surface area contributed by atoms with Gasteiger partial charge in [-0.05, 0) is 42.9 Å². The van der Waals surface area contributed by atoms with E-state index in [0.717, 1.165) is 18.4 Å². The molecule has 1 aliphatic rings. The van der Waals surface area contributed by atoms with Gasteiger partial charge in [0.1, 0.15) is 0 Å². The SMILES string of the molecule is CCCC1CCN(S(=O)(=O)c2ccc(CCO)cc2)CC1. The number of aliphatic hydroxyl groups excluding tert-OH is 1. The normalized spacial score (nSPS) is 18.0. The molecular formula is C16H25NO3S. The summed E-state index contributed by atoms with van der Waals surface area (Å²) in [5.74, 6) is 0.674. The van der Waals surface area contributed by atoms with Gasteiger partial charge in [0.15, 0.2) is 0 Å². The van der Waals surface area contributed by atoms with E-state index in [2.05, 4.69) is 6.92 Å². The number of aliphatic hydroxyl groups is 1. The van der Waals surface area contributed by atoms with Gasteiger partial charge >= 0.3 is 0 Å². The maximum absolute atomic E-state index is 12.6. The molecule has 1 fully saturated rings. The third-order valence-electron chi connectivity index (χ3n) is 4.23. The molecule has 1 heterocycles. The second-order valence-corrected chi connectivity index (χ2v) is 7.69. The zero-order chi connectivity index (χ0) is 15.3. The third kappa shape index (κ3) is 4.05. The van der Waals surface area contributed by atoms with Gasteiger partial charge in [-0.1, -0.05) is 31.9 Å². The smallest absolute Gasteiger partial charge is 0.243 e. The summed E-state index contributed by atoms with van der Waals surface area (Å²) >= 11 is 0. The predicted molar refractivity (Wildman–Crippen MR) is 83.6 cm³/mol. The molecular weight excluding hydrogens is 286 g/mol. The molecule has 0 atom stereocenters. The Hall–Kier alpha value is -0.910. The van der Waals surface area contributed by atoms with Gasteiger partial charge in [0, 0.05) is 19.7 Å². The van der Waals surface area contributed by atoms with Crippen molar-refractivity contribution in [3.05, 3.63) is 29.8 Å². The van der Waals surface area contributed by atoms with Crippen LogP contribution in [0, 0.1) is 5.92 Å². The molecule has 2 rings (SSSR count). The molecule has 1 aromatic carbocycles. The van der Waals surface area contributed by atoms with Crippen molar-refractivity contribution in [3.8, 4) is 0 Å². The van der Waals surface area contributed by atoms with Gasteiger partial charge in [0.05, 0.1) is 4.90 Å². The number of hydrogen-bond acceptors (Lipinski definition) is 3. The summed E-state index contributed by atoms with van der Waals surface area (Å²) in [5, 5.41) is 8.89. The van der Waals surface area contributed by atoms with E-state index in [1.165, 1.54) is 12.8 Å². The van der Waals surface area contributed by atoms with Gasteiger partial charge in [-0.2, -0.15) is 4.31 Å². The maximum Gasteiger partial charge on any atom is 0.243 e. The molecule has 0 radical (unpaired) electrons. The van der Waals surface area contributed by atoms with Crippen LogP contribution >= 0.6 is 0 Å². The topological polar surface area (TPSA) is 57.6 Å². The van der Waals surface area contributed by atoms with Crippen LogP contribution in [-0.2, 0) is 16.4 Å². The van der Waals surface area contributed by atoms with Crippen LogP contribution in [0.4, 0.5) is 0 Å². The summed E-state index contributed by atoms with van der Waals surface area (Å²) in [5.41, 5.74) is 0.957. The Labute approximate surface area is 127 Å². The molecule has 118 valence electrons. The minimum atomic E-state index is -3.36. The number of hydrogen-bond donors (Lipinski definition) is 1. The fourth-order valence-electron chi connectivity index (χ4n) is 2.95. The molecule has 0 aromatic heterocycles. The number of benzene rings is 1. The van der Waals surface area contributed by atoms with Crippen LogP contribution in [0.5, 0.6) is 0 Å². The molecule has 0 saturated carbocycles. The summed E-state index contributed by atoms with van der Waals surface area (Å²) < 4.78 is 26.8. The molecule has 0 aliphatic carbocycles. The van der Waals surface area contributed by atoms with E-state index in [1.54, 1.807) is 28.6 Å². The van der Waals surface area contributed by atoms with Crippen molar-refractivity contribution in [1.82, 2.24) is 4.31 Å². The Kier molecular flexibility index (Phi) is 5.79. The second kappa shape index (κ2) is 7.38. The Bertz CT molecular complexity index is 531. The van der Waals surface area contributed by atoms with Crippen LogP contribution in [0.2, 0.25) is 0 Å². The maximum atomic E-state index is 12.6. The first-order chi connectivity index (χ1) is 10.1. The van der Waals surface area contributed by atoms with Gasteiger partial charge < -0.3 is 5.11 Å². The quantitative estimate of drug-likeness (QED) is 0.878. The molecule has 1 N–H and O–H groups in total. The van der Waals surface area contributed by atoms with E-state index in [1.807, 2.05) is 0 Å². The van der Waals surface area contributed by atoms with Crippen LogP contribution in [0.3, 0.4) is 0 Å². The van der Waals surface area contributed by atoms with Crippen molar-refractivity contribution >= 4 is 10.0 Å². The van der Waals surface area contributed by atoms with Crippen molar-refractivity contribution in [2.75, 3.05) is 19.7 Å². The van der Waals surface area contributed by atoms with Crippen molar-refractivity contribution < 1.29 is 13.5 Å². The van der Waals surface area contributed by atoms with Gasteiger partial charge in [0.2, 0.25) is 10.0 Å². The number of sulfonamides is 1. The average molecular weight is 311 g/mol. The fourth-order valence-corrected chi connectivity index (χ4v) is 4.42. The zero-order valence-corrected chi connectivity index (χ0v) is 13.5. The lowest BCUT2D eigenvalue weighted by Crippen LogP contribution is -2.38. The number of piperidine rings is 1. The molecule has 1 aliphatic heterocycles. The van der Waals surface area contributed by atoms with Gasteiger partial charge in [-0.25, -0.2) is 8.42 Å². The Morgan fingerprint density at radius 2 is 1.81 bits per heavy atom. The first kappa shape index (κ1) is 16.5. The van der Waals surface area contributed by atoms with E-state index in [9.17, 15) is 8.42 Å². The molecule has 0 unspecified atom stereocenters. The molecule has 1 saturated heterocycles. The standard InChI is InChI=1S/C16H25NO3S/c1-2-3-14-8-11-17(12-9-14)21(19,20)16-6-4-15(5-7-16)10-13-18/h4-7,14,18H,2-3,8-13H2,1H3. The minimum Gasteiger partial charge on any atom is -0.396 e. The second-order valence-electron chi connectivity index (χ2n) is 5.75. The van der Waals surface area contributed by atoms with E-state index < -0.39 is 10.0 Å². The molecule has 0 bridgehead atoms. The van der Waals surface area contributed by atoms with Crippen LogP contribution in [0.1, 0.15) is 38.2 Å². The lowest BCUT2D eigenvalue weighted by atomic mass is 9.94. The van der Waals surface area contributed by atoms with Crippen molar-refractivity contribution in [1.29, 1.82) is 0 Å². The summed E-state index contributed by atoms with van der Waals surface area (Å²) in [7, 11) is -3.36. The highest BCUT2D eigenvalue weighted by molar-refractivity contribution is 7.89. The van der Waals surface area contributed by atoms with E-state index in [4.69, 9.17) is 5.11 Å². The van der Waals surface area contributed by atoms with Crippen molar-refractivity contribution in [3.63, 3.8) is 0 Å². The highest BCUT2D eigenvalue weighted by atomic mass is 32.2. The van der Waals surface area contributed by atoms with E-state index in [0.29, 0.717) is 30.3 Å². The zero-order valence-electron chi connectivity index (χ0n) is 12.7. The third-order valence-corrected chi connectivity index (χ3v) is 6.14. The minimum absolute atomic E-state index is 0.0804. The first-order valence-corrected chi connectivity index (χ1v) is 9.22. The van der Waals surface area contributed by atoms with Crippen LogP contribution in [0.25, 0.3) is 0 Å². The fraction of sp³-hybridized carbons (Fsp3) is 0.625.